The monoisotopic (exact) mass is 978 g/mol. The SMILES string of the molecule is COC(=O)N(OC)c1ccccc1COc1ccn(-c2ccc(Cl)cc2)n1.O=C(CNC(=O)c1ccc(C2=NOC(c3cc(Cl)cc(Cl)c3)(C(F)(F)F)C2)c2ccccc12)NCC(F)(F)F. The second-order valence-electron chi connectivity index (χ2n) is 14.0. The average molecular weight is 980 g/mol. The van der Waals surface area contributed by atoms with Crippen LogP contribution in [0.5, 0.6) is 5.88 Å². The van der Waals surface area contributed by atoms with Gasteiger partial charge in [-0.05, 0) is 65.4 Å². The highest BCUT2D eigenvalue weighted by atomic mass is 35.5. The number of ether oxygens (including phenoxy) is 2. The van der Waals surface area contributed by atoms with Crippen molar-refractivity contribution < 1.29 is 59.9 Å². The molecular weight excluding hydrogens is 945 g/mol. The summed E-state index contributed by atoms with van der Waals surface area (Å²) >= 11 is 17.8. The first-order valence-corrected chi connectivity index (χ1v) is 20.3. The molecule has 2 N–H and O–H groups in total. The Labute approximate surface area is 386 Å². The fourth-order valence-corrected chi connectivity index (χ4v) is 7.21. The fraction of sp³-hybridized carbons (Fsp3) is 0.205. The molecule has 0 saturated heterocycles. The lowest BCUT2D eigenvalue weighted by atomic mass is 9.85. The van der Waals surface area contributed by atoms with Gasteiger partial charge in [0.25, 0.3) is 11.5 Å². The molecule has 0 saturated carbocycles. The zero-order valence-electron chi connectivity index (χ0n) is 34.3. The maximum atomic E-state index is 14.4. The molecule has 1 atom stereocenters. The van der Waals surface area contributed by atoms with Crippen molar-refractivity contribution in [2.24, 2.45) is 5.16 Å². The van der Waals surface area contributed by atoms with Gasteiger partial charge in [0.1, 0.15) is 13.2 Å². The molecule has 1 aromatic heterocycles. The van der Waals surface area contributed by atoms with E-state index in [4.69, 9.17) is 54.0 Å². The lowest BCUT2D eigenvalue weighted by Gasteiger charge is -2.29. The zero-order valence-corrected chi connectivity index (χ0v) is 36.6. The molecule has 13 nitrogen and oxygen atoms in total. The molecule has 1 unspecified atom stereocenters. The molecule has 0 bridgehead atoms. The standard InChI is InChI=1S/C25H17Cl2F6N3O3.C19H18ClN3O4/c26-14-7-13(8-15(27)9-14)23(25(31,32)33)10-20(36-39-23)18-5-6-19(17-4-2-1-3-16(17)18)22(38)34-11-21(37)35-12-24(28,29)30;1-25-19(24)23(26-2)17-6-4-3-5-14(17)13-27-18-11-12-22(21-18)16-9-7-15(20)8-10-16/h1-9H,10-12H2,(H,34,38)(H,35,37);3-12H,13H2,1-2H3. The largest absolute Gasteiger partial charge is 0.472 e. The van der Waals surface area contributed by atoms with Crippen molar-refractivity contribution in [1.82, 2.24) is 20.4 Å². The molecule has 7 rings (SSSR count). The molecule has 2 heterocycles. The van der Waals surface area contributed by atoms with Gasteiger partial charge in [-0.15, -0.1) is 5.10 Å². The van der Waals surface area contributed by atoms with Crippen LogP contribution in [0.15, 0.2) is 121 Å². The Morgan fingerprint density at radius 1 is 0.818 bits per heavy atom. The van der Waals surface area contributed by atoms with Gasteiger partial charge < -0.3 is 24.9 Å². The third kappa shape index (κ3) is 11.6. The van der Waals surface area contributed by atoms with Crippen LogP contribution >= 0.6 is 34.8 Å². The summed E-state index contributed by atoms with van der Waals surface area (Å²) in [5.74, 6) is -1.38. The van der Waals surface area contributed by atoms with Crippen molar-refractivity contribution in [3.63, 3.8) is 0 Å². The molecule has 66 heavy (non-hydrogen) atoms. The fourth-order valence-electron chi connectivity index (χ4n) is 6.56. The first-order chi connectivity index (χ1) is 31.3. The normalized spacial score (nSPS) is 14.6. The van der Waals surface area contributed by atoms with Gasteiger partial charge >= 0.3 is 18.4 Å². The number of benzene rings is 5. The third-order valence-corrected chi connectivity index (χ3v) is 10.3. The Morgan fingerprint density at radius 2 is 1.48 bits per heavy atom. The Balaban J connectivity index is 0.000000233. The molecule has 0 spiro atoms. The number of carbonyl (C=O) groups is 3. The number of oxime groups is 1. The maximum absolute atomic E-state index is 14.4. The zero-order chi connectivity index (χ0) is 47.8. The predicted octanol–water partition coefficient (Wildman–Crippen LogP) is 10.4. The van der Waals surface area contributed by atoms with E-state index in [0.29, 0.717) is 27.4 Å². The van der Waals surface area contributed by atoms with Crippen LogP contribution in [0.25, 0.3) is 16.5 Å². The van der Waals surface area contributed by atoms with Crippen LogP contribution in [-0.4, -0.2) is 73.1 Å². The number of hydroxylamine groups is 1. The maximum Gasteiger partial charge on any atom is 0.438 e. The molecule has 1 aliphatic rings. The van der Waals surface area contributed by atoms with E-state index in [1.165, 1.54) is 38.5 Å². The lowest BCUT2D eigenvalue weighted by Crippen LogP contribution is -2.42. The van der Waals surface area contributed by atoms with Crippen molar-refractivity contribution in [1.29, 1.82) is 0 Å². The number of hydrogen-bond donors (Lipinski definition) is 2. The Hall–Kier alpha value is -6.54. The molecule has 5 aromatic carbocycles. The van der Waals surface area contributed by atoms with Crippen LogP contribution < -0.4 is 20.4 Å². The first-order valence-electron chi connectivity index (χ1n) is 19.2. The van der Waals surface area contributed by atoms with Crippen LogP contribution in [0.3, 0.4) is 0 Å². The van der Waals surface area contributed by atoms with Crippen molar-refractivity contribution in [2.45, 2.75) is 31.0 Å². The van der Waals surface area contributed by atoms with Crippen LogP contribution in [0.4, 0.5) is 36.8 Å². The van der Waals surface area contributed by atoms with Crippen molar-refractivity contribution in [2.75, 3.05) is 32.4 Å². The number of amides is 3. The number of anilines is 1. The quantitative estimate of drug-likeness (QED) is 0.0911. The highest BCUT2D eigenvalue weighted by Crippen LogP contribution is 2.50. The topological polar surface area (TPSA) is 146 Å². The van der Waals surface area contributed by atoms with E-state index in [9.17, 15) is 40.7 Å². The van der Waals surface area contributed by atoms with Crippen LogP contribution in [0.1, 0.15) is 33.5 Å². The highest BCUT2D eigenvalue weighted by molar-refractivity contribution is 6.34. The molecule has 0 fully saturated rings. The molecule has 3 amide bonds. The van der Waals surface area contributed by atoms with Crippen molar-refractivity contribution >= 4 is 74.9 Å². The van der Waals surface area contributed by atoms with Gasteiger partial charge in [0, 0.05) is 56.0 Å². The average Bonchev–Trinajstić information content (AvgIpc) is 3.96. The number of methoxy groups -OCH3 is 1. The number of alkyl halides is 6. The van der Waals surface area contributed by atoms with E-state index in [1.54, 1.807) is 64.7 Å². The molecule has 22 heteroatoms. The van der Waals surface area contributed by atoms with Gasteiger partial charge in [-0.3, -0.25) is 14.4 Å². The van der Waals surface area contributed by atoms with Gasteiger partial charge in [-0.1, -0.05) is 88.5 Å². The molecule has 6 aromatic rings. The summed E-state index contributed by atoms with van der Waals surface area (Å²) in [6.07, 6.45) is -9.07. The number of hydrogen-bond acceptors (Lipinski definition) is 9. The molecule has 1 aliphatic heterocycles. The molecular formula is C44H35Cl3F6N6O7. The number of fused-ring (bicyclic) bond motifs is 1. The number of rotatable bonds is 12. The van der Waals surface area contributed by atoms with E-state index in [1.807, 2.05) is 24.3 Å². The van der Waals surface area contributed by atoms with Gasteiger partial charge in [0.15, 0.2) is 0 Å². The summed E-state index contributed by atoms with van der Waals surface area (Å²) in [6.45, 7) is -2.07. The Kier molecular flexibility index (Phi) is 15.4. The number of aromatic nitrogens is 2. The van der Waals surface area contributed by atoms with E-state index in [0.717, 1.165) is 28.4 Å². The Bertz CT molecular complexity index is 2730. The second-order valence-corrected chi connectivity index (χ2v) is 15.3. The van der Waals surface area contributed by atoms with Crippen LogP contribution in [0, 0.1) is 0 Å². The van der Waals surface area contributed by atoms with Crippen molar-refractivity contribution in [3.05, 3.63) is 153 Å². The minimum absolute atomic E-state index is 0.0222. The first kappa shape index (κ1) is 48.9. The van der Waals surface area contributed by atoms with E-state index in [-0.39, 0.29) is 39.1 Å². The second kappa shape index (κ2) is 20.7. The van der Waals surface area contributed by atoms with Gasteiger partial charge in [0.2, 0.25) is 11.8 Å². The van der Waals surface area contributed by atoms with Crippen LogP contribution in [0.2, 0.25) is 15.1 Å². The van der Waals surface area contributed by atoms with E-state index < -0.39 is 55.4 Å². The molecule has 346 valence electrons. The van der Waals surface area contributed by atoms with Gasteiger partial charge in [-0.2, -0.15) is 31.4 Å². The minimum Gasteiger partial charge on any atom is -0.472 e. The number of nitrogens with one attached hydrogen (secondary N) is 2. The summed E-state index contributed by atoms with van der Waals surface area (Å²) < 4.78 is 92.1. The summed E-state index contributed by atoms with van der Waals surface area (Å²) in [5.41, 5.74) is -0.822. The Morgan fingerprint density at radius 3 is 2.14 bits per heavy atom. The van der Waals surface area contributed by atoms with E-state index in [2.05, 4.69) is 15.6 Å². The number of carbonyl (C=O) groups excluding carboxylic acids is 3. The molecule has 0 aliphatic carbocycles. The summed E-state index contributed by atoms with van der Waals surface area (Å²) in [5, 5.41) is 14.3. The summed E-state index contributed by atoms with van der Waals surface area (Å²) in [6, 6.07) is 28.7. The van der Waals surface area contributed by atoms with Gasteiger partial charge in [0.05, 0.1) is 37.9 Å². The third-order valence-electron chi connectivity index (χ3n) is 9.65. The highest BCUT2D eigenvalue weighted by Gasteiger charge is 2.62. The van der Waals surface area contributed by atoms with Crippen molar-refractivity contribution in [3.8, 4) is 11.6 Å². The molecule has 0 radical (unpaired) electrons. The predicted molar refractivity (Wildman–Crippen MR) is 233 cm³/mol. The minimum atomic E-state index is -4.91. The van der Waals surface area contributed by atoms with E-state index >= 15 is 0 Å². The number of halogens is 9. The number of nitrogens with zero attached hydrogens (tertiary/aromatic N) is 4. The lowest BCUT2D eigenvalue weighted by molar-refractivity contribution is -0.275. The number of para-hydroxylation sites is 1. The van der Waals surface area contributed by atoms with Gasteiger partial charge in [-0.25, -0.2) is 9.48 Å². The summed E-state index contributed by atoms with van der Waals surface area (Å²) in [4.78, 5) is 46.4. The van der Waals surface area contributed by atoms with Crippen LogP contribution in [-0.2, 0) is 31.4 Å². The summed E-state index contributed by atoms with van der Waals surface area (Å²) in [7, 11) is 2.68. The smallest absolute Gasteiger partial charge is 0.438 e.